The Morgan fingerprint density at radius 1 is 1.27 bits per heavy atom. The lowest BCUT2D eigenvalue weighted by Gasteiger charge is -2.02. The number of nitrogens with one attached hydrogen (secondary N) is 1. The molecule has 0 saturated carbocycles. The Kier molecular flexibility index (Phi) is 2.72. The van der Waals surface area contributed by atoms with Crippen LogP contribution >= 0.6 is 0 Å². The molecule has 15 heavy (non-hydrogen) atoms. The van der Waals surface area contributed by atoms with Gasteiger partial charge in [-0.3, -0.25) is 5.10 Å². The van der Waals surface area contributed by atoms with Crippen molar-refractivity contribution in [2.45, 2.75) is 13.3 Å². The van der Waals surface area contributed by atoms with Crippen LogP contribution in [0.1, 0.15) is 16.8 Å². The predicted molar refractivity (Wildman–Crippen MR) is 59.1 cm³/mol. The van der Waals surface area contributed by atoms with Gasteiger partial charge in [0.05, 0.1) is 7.11 Å². The fourth-order valence-corrected chi connectivity index (χ4v) is 1.61. The average molecular weight is 202 g/mol. The summed E-state index contributed by atoms with van der Waals surface area (Å²) in [5, 5.41) is 7.02. The topological polar surface area (TPSA) is 37.9 Å². The Bertz CT molecular complexity index is 434. The summed E-state index contributed by atoms with van der Waals surface area (Å²) in [4.78, 5) is 0. The Labute approximate surface area is 89.1 Å². The van der Waals surface area contributed by atoms with Crippen LogP contribution in [0.2, 0.25) is 0 Å². The molecule has 0 unspecified atom stereocenters. The zero-order valence-electron chi connectivity index (χ0n) is 8.95. The number of hydrogen-bond donors (Lipinski definition) is 1. The summed E-state index contributed by atoms with van der Waals surface area (Å²) in [5.74, 6) is 0.691. The van der Waals surface area contributed by atoms with Crippen LogP contribution < -0.4 is 4.74 Å². The summed E-state index contributed by atoms with van der Waals surface area (Å²) in [7, 11) is 1.64. The van der Waals surface area contributed by atoms with Crippen molar-refractivity contribution in [3.8, 4) is 5.88 Å². The highest BCUT2D eigenvalue weighted by atomic mass is 16.5. The number of aromatic amines is 1. The second kappa shape index (κ2) is 4.17. The molecule has 1 N–H and O–H groups in total. The number of H-pyrrole nitrogens is 1. The first kappa shape index (κ1) is 9.77. The van der Waals surface area contributed by atoms with Gasteiger partial charge in [0.15, 0.2) is 0 Å². The second-order valence-corrected chi connectivity index (χ2v) is 3.50. The molecular weight excluding hydrogens is 188 g/mol. The molecule has 78 valence electrons. The van der Waals surface area contributed by atoms with Crippen molar-refractivity contribution in [1.82, 2.24) is 10.2 Å². The van der Waals surface area contributed by atoms with Crippen molar-refractivity contribution >= 4 is 0 Å². The summed E-state index contributed by atoms with van der Waals surface area (Å²) in [6.07, 6.45) is 0.854. The molecule has 0 bridgehead atoms. The summed E-state index contributed by atoms with van der Waals surface area (Å²) in [6.45, 7) is 2.01. The van der Waals surface area contributed by atoms with Crippen LogP contribution in [0, 0.1) is 6.92 Å². The number of aryl methyl sites for hydroxylation is 1. The van der Waals surface area contributed by atoms with E-state index < -0.39 is 0 Å². The molecule has 3 heteroatoms. The first-order valence-electron chi connectivity index (χ1n) is 4.93. The average Bonchev–Trinajstić information content (AvgIpc) is 2.62. The Morgan fingerprint density at radius 2 is 2.00 bits per heavy atom. The van der Waals surface area contributed by atoms with E-state index in [0.29, 0.717) is 5.88 Å². The molecular formula is C12H14N2O. The maximum Gasteiger partial charge on any atom is 0.236 e. The minimum absolute atomic E-state index is 0.691. The molecule has 0 amide bonds. The molecule has 0 radical (unpaired) electrons. The monoisotopic (exact) mass is 202 g/mol. The van der Waals surface area contributed by atoms with E-state index in [1.807, 2.05) is 25.1 Å². The Morgan fingerprint density at radius 3 is 2.67 bits per heavy atom. The molecule has 0 saturated heterocycles. The lowest BCUT2D eigenvalue weighted by atomic mass is 10.1. The molecule has 0 aliphatic rings. The van der Waals surface area contributed by atoms with E-state index in [0.717, 1.165) is 17.7 Å². The third kappa shape index (κ3) is 2.01. The highest BCUT2D eigenvalue weighted by Crippen LogP contribution is 2.21. The van der Waals surface area contributed by atoms with Crippen molar-refractivity contribution in [2.24, 2.45) is 0 Å². The number of aromatic nitrogens is 2. The fourth-order valence-electron chi connectivity index (χ4n) is 1.61. The van der Waals surface area contributed by atoms with Crippen molar-refractivity contribution in [3.63, 3.8) is 0 Å². The predicted octanol–water partition coefficient (Wildman–Crippen LogP) is 2.32. The van der Waals surface area contributed by atoms with Gasteiger partial charge in [-0.25, -0.2) is 0 Å². The number of rotatable bonds is 3. The molecule has 0 aliphatic carbocycles. The summed E-state index contributed by atoms with van der Waals surface area (Å²) in [6, 6.07) is 10.3. The van der Waals surface area contributed by atoms with Gasteiger partial charge in [-0.05, 0) is 12.5 Å². The van der Waals surface area contributed by atoms with Crippen molar-refractivity contribution < 1.29 is 4.74 Å². The van der Waals surface area contributed by atoms with Crippen LogP contribution in [-0.4, -0.2) is 17.3 Å². The first-order chi connectivity index (χ1) is 7.31. The van der Waals surface area contributed by atoms with Gasteiger partial charge >= 0.3 is 0 Å². The van der Waals surface area contributed by atoms with E-state index in [-0.39, 0.29) is 0 Å². The minimum atomic E-state index is 0.691. The smallest absolute Gasteiger partial charge is 0.236 e. The number of nitrogens with zero attached hydrogens (tertiary/aromatic N) is 1. The van der Waals surface area contributed by atoms with Crippen LogP contribution in [0.4, 0.5) is 0 Å². The first-order valence-corrected chi connectivity index (χ1v) is 4.93. The largest absolute Gasteiger partial charge is 0.480 e. The normalized spacial score (nSPS) is 10.3. The zero-order valence-corrected chi connectivity index (χ0v) is 8.95. The molecule has 1 heterocycles. The lowest BCUT2D eigenvalue weighted by molar-refractivity contribution is 0.393. The summed E-state index contributed by atoms with van der Waals surface area (Å²) in [5.41, 5.74) is 3.46. The van der Waals surface area contributed by atoms with Crippen molar-refractivity contribution in [1.29, 1.82) is 0 Å². The molecule has 0 aliphatic heterocycles. The van der Waals surface area contributed by atoms with Gasteiger partial charge in [-0.1, -0.05) is 30.3 Å². The molecule has 0 atom stereocenters. The van der Waals surface area contributed by atoms with Gasteiger partial charge < -0.3 is 4.74 Å². The SMILES string of the molecule is COc1n[nH]c(C)c1Cc1ccccc1. The van der Waals surface area contributed by atoms with Gasteiger partial charge in [-0.2, -0.15) is 0 Å². The quantitative estimate of drug-likeness (QED) is 0.829. The maximum absolute atomic E-state index is 5.20. The van der Waals surface area contributed by atoms with E-state index in [1.54, 1.807) is 7.11 Å². The van der Waals surface area contributed by atoms with Crippen LogP contribution in [0.15, 0.2) is 30.3 Å². The molecule has 1 aromatic heterocycles. The van der Waals surface area contributed by atoms with Gasteiger partial charge in [0.1, 0.15) is 0 Å². The highest BCUT2D eigenvalue weighted by molar-refractivity contribution is 5.35. The summed E-state index contributed by atoms with van der Waals surface area (Å²) < 4.78 is 5.20. The zero-order chi connectivity index (χ0) is 10.7. The molecule has 0 spiro atoms. The molecule has 1 aromatic carbocycles. The number of methoxy groups -OCH3 is 1. The van der Waals surface area contributed by atoms with Gasteiger partial charge in [0.2, 0.25) is 5.88 Å². The standard InChI is InChI=1S/C12H14N2O/c1-9-11(12(15-2)14-13-9)8-10-6-4-3-5-7-10/h3-7H,8H2,1-2H3,(H,13,14). The summed E-state index contributed by atoms with van der Waals surface area (Å²) >= 11 is 0. The van der Waals surface area contributed by atoms with Crippen molar-refractivity contribution in [2.75, 3.05) is 7.11 Å². The van der Waals surface area contributed by atoms with E-state index in [9.17, 15) is 0 Å². The Hall–Kier alpha value is -1.77. The fraction of sp³-hybridized carbons (Fsp3) is 0.250. The number of ether oxygens (including phenoxy) is 1. The van der Waals surface area contributed by atoms with Crippen LogP contribution in [0.5, 0.6) is 5.88 Å². The second-order valence-electron chi connectivity index (χ2n) is 3.50. The minimum Gasteiger partial charge on any atom is -0.480 e. The maximum atomic E-state index is 5.20. The molecule has 2 rings (SSSR count). The van der Waals surface area contributed by atoms with Gasteiger partial charge in [0.25, 0.3) is 0 Å². The van der Waals surface area contributed by atoms with Crippen molar-refractivity contribution in [3.05, 3.63) is 47.2 Å². The number of benzene rings is 1. The highest BCUT2D eigenvalue weighted by Gasteiger charge is 2.10. The van der Waals surface area contributed by atoms with Crippen LogP contribution in [-0.2, 0) is 6.42 Å². The molecule has 3 nitrogen and oxygen atoms in total. The third-order valence-corrected chi connectivity index (χ3v) is 2.45. The third-order valence-electron chi connectivity index (χ3n) is 2.45. The van der Waals surface area contributed by atoms with E-state index in [4.69, 9.17) is 4.74 Å². The Balaban J connectivity index is 2.27. The van der Waals surface area contributed by atoms with E-state index >= 15 is 0 Å². The van der Waals surface area contributed by atoms with Crippen LogP contribution in [0.3, 0.4) is 0 Å². The molecule has 0 fully saturated rings. The van der Waals surface area contributed by atoms with Crippen LogP contribution in [0.25, 0.3) is 0 Å². The van der Waals surface area contributed by atoms with Gasteiger partial charge in [-0.15, -0.1) is 5.10 Å². The number of hydrogen-bond acceptors (Lipinski definition) is 2. The molecule has 2 aromatic rings. The van der Waals surface area contributed by atoms with Gasteiger partial charge in [0, 0.05) is 17.7 Å². The lowest BCUT2D eigenvalue weighted by Crippen LogP contribution is -1.92. The van der Waals surface area contributed by atoms with E-state index in [2.05, 4.69) is 22.3 Å². The van der Waals surface area contributed by atoms with E-state index in [1.165, 1.54) is 5.56 Å².